The second-order valence-corrected chi connectivity index (χ2v) is 6.82. The van der Waals surface area contributed by atoms with E-state index in [1.165, 1.54) is 18.5 Å². The molecule has 0 aliphatic rings. The molecule has 0 aliphatic carbocycles. The highest BCUT2D eigenvalue weighted by atomic mass is 28.3. The van der Waals surface area contributed by atoms with Crippen molar-refractivity contribution in [2.75, 3.05) is 13.2 Å². The molecule has 0 amide bonds. The molecule has 0 aliphatic heterocycles. The molecule has 1 aromatic carbocycles. The molecule has 0 heterocycles. The molecule has 0 bridgehead atoms. The highest BCUT2D eigenvalue weighted by Crippen LogP contribution is 2.08. The normalized spacial score (nSPS) is 12.4. The Hall–Kier alpha value is -0.803. The smallest absolute Gasteiger partial charge is 0.176 e. The predicted molar refractivity (Wildman–Crippen MR) is 70.6 cm³/mol. The van der Waals surface area contributed by atoms with Crippen molar-refractivity contribution in [3.8, 4) is 5.75 Å². The monoisotopic (exact) mass is 238 g/mol. The predicted octanol–water partition coefficient (Wildman–Crippen LogP) is 3.24. The van der Waals surface area contributed by atoms with Gasteiger partial charge in [-0.3, -0.25) is 0 Å². The molecule has 0 saturated carbocycles. The summed E-state index contributed by atoms with van der Waals surface area (Å²) in [6.45, 7) is 5.85. The van der Waals surface area contributed by atoms with Crippen LogP contribution in [-0.2, 0) is 4.43 Å². The maximum absolute atomic E-state index is 5.87. The van der Waals surface area contributed by atoms with Crippen molar-refractivity contribution in [3.05, 3.63) is 30.3 Å². The zero-order chi connectivity index (χ0) is 11.6. The molecule has 0 radical (unpaired) electrons. The molecule has 1 atom stereocenters. The van der Waals surface area contributed by atoms with Crippen LogP contribution >= 0.6 is 0 Å². The standard InChI is InChI=1S/C13H22O2Si/c1-3-12-16(4-2)15-11-10-14-13-8-6-5-7-9-13/h5-9,16H,3-4,10-12H2,1-2H3. The maximum Gasteiger partial charge on any atom is 0.176 e. The van der Waals surface area contributed by atoms with Gasteiger partial charge in [0.2, 0.25) is 0 Å². The molecule has 1 aromatic rings. The lowest BCUT2D eigenvalue weighted by molar-refractivity contribution is 0.216. The molecule has 16 heavy (non-hydrogen) atoms. The Morgan fingerprint density at radius 3 is 2.44 bits per heavy atom. The lowest BCUT2D eigenvalue weighted by Crippen LogP contribution is -2.20. The van der Waals surface area contributed by atoms with Gasteiger partial charge in [0.15, 0.2) is 9.04 Å². The zero-order valence-electron chi connectivity index (χ0n) is 10.3. The van der Waals surface area contributed by atoms with Crippen molar-refractivity contribution in [3.63, 3.8) is 0 Å². The lowest BCUT2D eigenvalue weighted by atomic mass is 10.3. The van der Waals surface area contributed by atoms with E-state index < -0.39 is 9.04 Å². The summed E-state index contributed by atoms with van der Waals surface area (Å²) in [6, 6.07) is 12.4. The third-order valence-corrected chi connectivity index (χ3v) is 5.35. The topological polar surface area (TPSA) is 18.5 Å². The van der Waals surface area contributed by atoms with Crippen molar-refractivity contribution in [2.45, 2.75) is 32.4 Å². The van der Waals surface area contributed by atoms with Crippen molar-refractivity contribution in [2.24, 2.45) is 0 Å². The number of rotatable bonds is 8. The molecular formula is C13H22O2Si. The summed E-state index contributed by atoms with van der Waals surface area (Å²) in [4.78, 5) is 0. The minimum absolute atomic E-state index is 0.664. The Labute approximate surface area is 100 Å². The van der Waals surface area contributed by atoms with Crippen molar-refractivity contribution >= 4 is 9.04 Å². The minimum atomic E-state index is -0.918. The lowest BCUT2D eigenvalue weighted by Gasteiger charge is -2.13. The molecular weight excluding hydrogens is 216 g/mol. The average Bonchev–Trinajstić information content (AvgIpc) is 2.34. The number of ether oxygens (including phenoxy) is 1. The Balaban J connectivity index is 2.11. The molecule has 0 spiro atoms. The van der Waals surface area contributed by atoms with E-state index >= 15 is 0 Å². The fourth-order valence-electron chi connectivity index (χ4n) is 1.62. The van der Waals surface area contributed by atoms with Crippen LogP contribution in [0.15, 0.2) is 30.3 Å². The van der Waals surface area contributed by atoms with E-state index in [4.69, 9.17) is 9.16 Å². The first-order valence-corrected chi connectivity index (χ1v) is 8.26. The van der Waals surface area contributed by atoms with Crippen LogP contribution in [0.1, 0.15) is 20.3 Å². The maximum atomic E-state index is 5.87. The molecule has 3 heteroatoms. The highest BCUT2D eigenvalue weighted by molar-refractivity contribution is 6.51. The number of para-hydroxylation sites is 1. The van der Waals surface area contributed by atoms with Gasteiger partial charge in [0.25, 0.3) is 0 Å². The second kappa shape index (κ2) is 8.36. The van der Waals surface area contributed by atoms with Crippen LogP contribution in [0, 0.1) is 0 Å². The average molecular weight is 238 g/mol. The van der Waals surface area contributed by atoms with Crippen molar-refractivity contribution < 1.29 is 9.16 Å². The summed E-state index contributed by atoms with van der Waals surface area (Å²) in [5.41, 5.74) is 0. The molecule has 0 aromatic heterocycles. The van der Waals surface area contributed by atoms with Gasteiger partial charge in [-0.2, -0.15) is 0 Å². The van der Waals surface area contributed by atoms with Gasteiger partial charge in [0.1, 0.15) is 12.4 Å². The van der Waals surface area contributed by atoms with Crippen LogP contribution < -0.4 is 4.74 Å². The largest absolute Gasteiger partial charge is 0.491 e. The van der Waals surface area contributed by atoms with Gasteiger partial charge in [0, 0.05) is 0 Å². The summed E-state index contributed by atoms with van der Waals surface area (Å²) in [5, 5.41) is 0. The second-order valence-electron chi connectivity index (χ2n) is 3.85. The van der Waals surface area contributed by atoms with E-state index in [9.17, 15) is 0 Å². The summed E-state index contributed by atoms with van der Waals surface area (Å²) in [5.74, 6) is 0.927. The molecule has 0 saturated heterocycles. The van der Waals surface area contributed by atoms with Crippen LogP contribution in [0.4, 0.5) is 0 Å². The first kappa shape index (κ1) is 13.3. The third-order valence-electron chi connectivity index (χ3n) is 2.51. The van der Waals surface area contributed by atoms with E-state index in [-0.39, 0.29) is 0 Å². The number of benzene rings is 1. The number of hydrogen-bond acceptors (Lipinski definition) is 2. The number of hydrogen-bond donors (Lipinski definition) is 0. The van der Waals surface area contributed by atoms with Crippen LogP contribution in [0.2, 0.25) is 12.1 Å². The van der Waals surface area contributed by atoms with Gasteiger partial charge in [-0.1, -0.05) is 38.5 Å². The molecule has 90 valence electrons. The zero-order valence-corrected chi connectivity index (χ0v) is 11.5. The fourth-order valence-corrected chi connectivity index (χ4v) is 3.50. The van der Waals surface area contributed by atoms with Crippen LogP contribution in [0.5, 0.6) is 5.75 Å². The third kappa shape index (κ3) is 5.33. The van der Waals surface area contributed by atoms with Crippen molar-refractivity contribution in [1.82, 2.24) is 0 Å². The summed E-state index contributed by atoms with van der Waals surface area (Å²) in [6.07, 6.45) is 1.24. The SMILES string of the molecule is CCC[SiH](CC)OCCOc1ccccc1. The Kier molecular flexibility index (Phi) is 6.93. The van der Waals surface area contributed by atoms with Crippen LogP contribution in [-0.4, -0.2) is 22.3 Å². The van der Waals surface area contributed by atoms with Gasteiger partial charge in [0.05, 0.1) is 6.61 Å². The van der Waals surface area contributed by atoms with Crippen LogP contribution in [0.3, 0.4) is 0 Å². The molecule has 0 fully saturated rings. The Morgan fingerprint density at radius 1 is 1.06 bits per heavy atom. The minimum Gasteiger partial charge on any atom is -0.491 e. The van der Waals surface area contributed by atoms with Gasteiger partial charge < -0.3 is 9.16 Å². The van der Waals surface area contributed by atoms with E-state index in [1.54, 1.807) is 0 Å². The van der Waals surface area contributed by atoms with Gasteiger partial charge in [-0.15, -0.1) is 0 Å². The summed E-state index contributed by atoms with van der Waals surface area (Å²) >= 11 is 0. The Morgan fingerprint density at radius 2 is 1.81 bits per heavy atom. The van der Waals surface area contributed by atoms with Crippen LogP contribution in [0.25, 0.3) is 0 Å². The van der Waals surface area contributed by atoms with Gasteiger partial charge >= 0.3 is 0 Å². The highest BCUT2D eigenvalue weighted by Gasteiger charge is 2.07. The molecule has 0 N–H and O–H groups in total. The van der Waals surface area contributed by atoms with E-state index in [0.29, 0.717) is 6.61 Å². The molecule has 1 unspecified atom stereocenters. The van der Waals surface area contributed by atoms with E-state index in [0.717, 1.165) is 12.4 Å². The summed E-state index contributed by atoms with van der Waals surface area (Å²) in [7, 11) is -0.918. The fraction of sp³-hybridized carbons (Fsp3) is 0.538. The van der Waals surface area contributed by atoms with E-state index in [1.807, 2.05) is 30.3 Å². The Bertz CT molecular complexity index is 264. The van der Waals surface area contributed by atoms with Gasteiger partial charge in [-0.25, -0.2) is 0 Å². The first-order chi connectivity index (χ1) is 7.86. The molecule has 1 rings (SSSR count). The molecule has 2 nitrogen and oxygen atoms in total. The van der Waals surface area contributed by atoms with Gasteiger partial charge in [-0.05, 0) is 24.2 Å². The van der Waals surface area contributed by atoms with Crippen molar-refractivity contribution in [1.29, 1.82) is 0 Å². The summed E-state index contributed by atoms with van der Waals surface area (Å²) < 4.78 is 11.4. The van der Waals surface area contributed by atoms with E-state index in [2.05, 4.69) is 13.8 Å². The first-order valence-electron chi connectivity index (χ1n) is 6.16. The quantitative estimate of drug-likeness (QED) is 0.511.